The molecule has 5 nitrogen and oxygen atoms in total. The first-order valence-corrected chi connectivity index (χ1v) is 11.6. The maximum absolute atomic E-state index is 13.4. The third-order valence-electron chi connectivity index (χ3n) is 6.11. The van der Waals surface area contributed by atoms with Crippen LogP contribution < -0.4 is 5.56 Å². The van der Waals surface area contributed by atoms with Crippen molar-refractivity contribution < 1.29 is 12.8 Å². The Balaban J connectivity index is 1.78. The molecule has 0 unspecified atom stereocenters. The number of aromatic nitrogens is 1. The van der Waals surface area contributed by atoms with Crippen LogP contribution in [0.5, 0.6) is 0 Å². The van der Waals surface area contributed by atoms with Crippen LogP contribution in [0.4, 0.5) is 4.39 Å². The summed E-state index contributed by atoms with van der Waals surface area (Å²) in [6.07, 6.45) is 3.41. The van der Waals surface area contributed by atoms with Gasteiger partial charge in [0.05, 0.1) is 10.4 Å². The number of benzene rings is 2. The Morgan fingerprint density at radius 2 is 1.73 bits per heavy atom. The average Bonchev–Trinajstić information content (AvgIpc) is 3.24. The van der Waals surface area contributed by atoms with Crippen LogP contribution in [-0.2, 0) is 16.6 Å². The van der Waals surface area contributed by atoms with Crippen LogP contribution >= 0.6 is 0 Å². The fraction of sp³-hybridized carbons (Fsp3) is 0.348. The minimum atomic E-state index is -3.87. The van der Waals surface area contributed by atoms with Crippen molar-refractivity contribution in [3.05, 3.63) is 75.3 Å². The van der Waals surface area contributed by atoms with E-state index in [1.807, 2.05) is 26.0 Å². The third kappa shape index (κ3) is 3.79. The van der Waals surface area contributed by atoms with Crippen molar-refractivity contribution in [2.45, 2.75) is 57.0 Å². The molecule has 1 N–H and O–H groups in total. The molecule has 7 heteroatoms. The lowest BCUT2D eigenvalue weighted by atomic mass is 10.0. The molecule has 4 rings (SSSR count). The fourth-order valence-electron chi connectivity index (χ4n) is 4.20. The van der Waals surface area contributed by atoms with E-state index in [9.17, 15) is 17.6 Å². The molecule has 0 atom stereocenters. The van der Waals surface area contributed by atoms with Crippen LogP contribution in [0.2, 0.25) is 0 Å². The van der Waals surface area contributed by atoms with Gasteiger partial charge in [-0.1, -0.05) is 25.0 Å². The number of fused-ring (bicyclic) bond motifs is 1. The molecule has 1 aliphatic rings. The van der Waals surface area contributed by atoms with Gasteiger partial charge in [-0.25, -0.2) is 12.8 Å². The lowest BCUT2D eigenvalue weighted by Gasteiger charge is -2.28. The zero-order valence-electron chi connectivity index (χ0n) is 17.1. The van der Waals surface area contributed by atoms with E-state index in [2.05, 4.69) is 4.98 Å². The lowest BCUT2D eigenvalue weighted by molar-refractivity contribution is 0.315. The van der Waals surface area contributed by atoms with Gasteiger partial charge >= 0.3 is 0 Å². The van der Waals surface area contributed by atoms with Crippen molar-refractivity contribution in [3.8, 4) is 0 Å². The van der Waals surface area contributed by atoms with E-state index in [1.54, 1.807) is 6.07 Å². The number of nitrogens with zero attached hydrogens (tertiary/aromatic N) is 1. The molecular formula is C23H25FN2O3S. The highest BCUT2D eigenvalue weighted by Gasteiger charge is 2.34. The van der Waals surface area contributed by atoms with Crippen molar-refractivity contribution in [1.82, 2.24) is 9.29 Å². The van der Waals surface area contributed by atoms with E-state index in [-0.39, 0.29) is 23.0 Å². The predicted octanol–water partition coefficient (Wildman–Crippen LogP) is 4.42. The molecule has 0 saturated heterocycles. The summed E-state index contributed by atoms with van der Waals surface area (Å²) in [6, 6.07) is 10.4. The molecule has 0 spiro atoms. The topological polar surface area (TPSA) is 70.2 Å². The van der Waals surface area contributed by atoms with Crippen molar-refractivity contribution in [2.75, 3.05) is 0 Å². The zero-order chi connectivity index (χ0) is 21.5. The minimum absolute atomic E-state index is 0.0113. The Labute approximate surface area is 175 Å². The number of hydrogen-bond acceptors (Lipinski definition) is 3. The molecule has 3 aromatic rings. The van der Waals surface area contributed by atoms with Gasteiger partial charge in [0.1, 0.15) is 5.82 Å². The van der Waals surface area contributed by atoms with Crippen LogP contribution in [0.1, 0.15) is 42.4 Å². The van der Waals surface area contributed by atoms with Gasteiger partial charge in [-0.05, 0) is 73.5 Å². The number of hydrogen-bond donors (Lipinski definition) is 1. The van der Waals surface area contributed by atoms with Gasteiger partial charge in [-0.15, -0.1) is 0 Å². The predicted molar refractivity (Wildman–Crippen MR) is 115 cm³/mol. The molecular weight excluding hydrogens is 403 g/mol. The van der Waals surface area contributed by atoms with Gasteiger partial charge in [0.2, 0.25) is 10.0 Å². The molecule has 0 radical (unpaired) electrons. The van der Waals surface area contributed by atoms with E-state index in [1.165, 1.54) is 16.4 Å². The Morgan fingerprint density at radius 3 is 2.40 bits per heavy atom. The summed E-state index contributed by atoms with van der Waals surface area (Å²) in [4.78, 5) is 15.8. The second-order valence-corrected chi connectivity index (χ2v) is 9.93. The Bertz CT molecular complexity index is 1240. The number of aryl methyl sites for hydroxylation is 2. The molecule has 1 heterocycles. The van der Waals surface area contributed by atoms with E-state index in [0.717, 1.165) is 59.8 Å². The molecule has 1 aliphatic carbocycles. The highest BCUT2D eigenvalue weighted by atomic mass is 32.2. The monoisotopic (exact) mass is 428 g/mol. The number of H-pyrrole nitrogens is 1. The van der Waals surface area contributed by atoms with Gasteiger partial charge in [-0.3, -0.25) is 4.79 Å². The molecule has 0 aliphatic heterocycles. The highest BCUT2D eigenvalue weighted by molar-refractivity contribution is 7.89. The zero-order valence-corrected chi connectivity index (χ0v) is 17.9. The van der Waals surface area contributed by atoms with Crippen LogP contribution in [-0.4, -0.2) is 23.7 Å². The molecule has 1 saturated carbocycles. The van der Waals surface area contributed by atoms with Crippen LogP contribution in [0, 0.1) is 19.7 Å². The van der Waals surface area contributed by atoms with Crippen molar-refractivity contribution in [1.29, 1.82) is 0 Å². The Kier molecular flexibility index (Phi) is 5.51. The van der Waals surface area contributed by atoms with Gasteiger partial charge in [-0.2, -0.15) is 4.31 Å². The number of aromatic amines is 1. The van der Waals surface area contributed by atoms with Crippen LogP contribution in [0.3, 0.4) is 0 Å². The maximum Gasteiger partial charge on any atom is 0.252 e. The Morgan fingerprint density at radius 1 is 1.07 bits per heavy atom. The van der Waals surface area contributed by atoms with Crippen LogP contribution in [0.25, 0.3) is 10.9 Å². The summed E-state index contributed by atoms with van der Waals surface area (Å²) in [6.45, 7) is 3.93. The molecule has 0 amide bonds. The second kappa shape index (κ2) is 7.96. The van der Waals surface area contributed by atoms with E-state index in [4.69, 9.17) is 0 Å². The van der Waals surface area contributed by atoms with Gasteiger partial charge < -0.3 is 4.98 Å². The highest BCUT2D eigenvalue weighted by Crippen LogP contribution is 2.30. The molecule has 0 bridgehead atoms. The van der Waals surface area contributed by atoms with Crippen molar-refractivity contribution >= 4 is 20.9 Å². The Hall–Kier alpha value is -2.51. The number of nitrogens with one attached hydrogen (secondary N) is 1. The summed E-state index contributed by atoms with van der Waals surface area (Å²) in [7, 11) is -3.87. The lowest BCUT2D eigenvalue weighted by Crippen LogP contribution is -2.39. The normalized spacial score (nSPS) is 15.3. The maximum atomic E-state index is 13.4. The summed E-state index contributed by atoms with van der Waals surface area (Å²) in [5.74, 6) is -0.488. The molecule has 1 aromatic heterocycles. The summed E-state index contributed by atoms with van der Waals surface area (Å²) < 4.78 is 41.6. The summed E-state index contributed by atoms with van der Waals surface area (Å²) >= 11 is 0. The third-order valence-corrected chi connectivity index (χ3v) is 8.02. The fourth-order valence-corrected chi connectivity index (χ4v) is 5.86. The number of sulfonamides is 1. The van der Waals surface area contributed by atoms with Crippen molar-refractivity contribution in [2.24, 2.45) is 0 Å². The number of rotatable bonds is 5. The number of pyridine rings is 1. The quantitative estimate of drug-likeness (QED) is 0.654. The standard InChI is InChI=1S/C23H25FN2O3S/c1-15-7-8-17-13-18(23(27)25-22(17)16(15)2)14-26(20-5-3-4-6-20)30(28,29)21-11-9-19(24)10-12-21/h7-13,20H,3-6,14H2,1-2H3,(H,25,27). The summed E-state index contributed by atoms with van der Waals surface area (Å²) in [5, 5.41) is 0.873. The van der Waals surface area contributed by atoms with Gasteiger partial charge in [0, 0.05) is 18.2 Å². The van der Waals surface area contributed by atoms with Gasteiger partial charge in [0.25, 0.3) is 5.56 Å². The first kappa shape index (κ1) is 20.8. The van der Waals surface area contributed by atoms with Gasteiger partial charge in [0.15, 0.2) is 0 Å². The largest absolute Gasteiger partial charge is 0.321 e. The number of halogens is 1. The smallest absolute Gasteiger partial charge is 0.252 e. The van der Waals surface area contributed by atoms with Crippen LogP contribution in [0.15, 0.2) is 52.2 Å². The van der Waals surface area contributed by atoms with Crippen molar-refractivity contribution in [3.63, 3.8) is 0 Å². The molecule has 2 aromatic carbocycles. The SMILES string of the molecule is Cc1ccc2cc(CN(C3CCCC3)S(=O)(=O)c3ccc(F)cc3)c(=O)[nH]c2c1C. The summed E-state index contributed by atoms with van der Waals surface area (Å²) in [5.41, 5.74) is 2.98. The molecule has 158 valence electrons. The van der Waals surface area contributed by atoms with E-state index < -0.39 is 15.8 Å². The molecule has 1 fully saturated rings. The average molecular weight is 429 g/mol. The first-order valence-electron chi connectivity index (χ1n) is 10.2. The minimum Gasteiger partial charge on any atom is -0.321 e. The second-order valence-electron chi connectivity index (χ2n) is 8.04. The molecule has 30 heavy (non-hydrogen) atoms. The van der Waals surface area contributed by atoms with E-state index >= 15 is 0 Å². The van der Waals surface area contributed by atoms with E-state index in [0.29, 0.717) is 5.56 Å². The first-order chi connectivity index (χ1) is 14.3.